The molecule has 0 heterocycles. The molecule has 0 aliphatic rings. The lowest BCUT2D eigenvalue weighted by Gasteiger charge is -2.20. The summed E-state index contributed by atoms with van der Waals surface area (Å²) in [6.45, 7) is 0.282. The molecule has 0 unspecified atom stereocenters. The molecule has 0 radical (unpaired) electrons. The SMILES string of the molecule is CN(Cc1cc(F)cc(/C(N)=N/O)c1)c1ccccc1F. The van der Waals surface area contributed by atoms with Gasteiger partial charge in [0.2, 0.25) is 0 Å². The zero-order chi connectivity index (χ0) is 15.4. The number of hydrogen-bond donors (Lipinski definition) is 2. The third kappa shape index (κ3) is 3.47. The van der Waals surface area contributed by atoms with Crippen LogP contribution < -0.4 is 10.6 Å². The van der Waals surface area contributed by atoms with Gasteiger partial charge in [-0.1, -0.05) is 17.3 Å². The van der Waals surface area contributed by atoms with Gasteiger partial charge in [0, 0.05) is 19.2 Å². The van der Waals surface area contributed by atoms with Crippen LogP contribution in [0, 0.1) is 11.6 Å². The second-order valence-corrected chi connectivity index (χ2v) is 4.64. The van der Waals surface area contributed by atoms with Crippen LogP contribution in [0.15, 0.2) is 47.6 Å². The topological polar surface area (TPSA) is 61.8 Å². The van der Waals surface area contributed by atoms with Crippen LogP contribution in [0.1, 0.15) is 11.1 Å². The van der Waals surface area contributed by atoms with E-state index < -0.39 is 5.82 Å². The Morgan fingerprint density at radius 2 is 1.95 bits per heavy atom. The van der Waals surface area contributed by atoms with Crippen LogP contribution in [0.3, 0.4) is 0 Å². The first-order valence-electron chi connectivity index (χ1n) is 6.24. The molecule has 0 aliphatic heterocycles. The zero-order valence-corrected chi connectivity index (χ0v) is 11.4. The van der Waals surface area contributed by atoms with E-state index >= 15 is 0 Å². The van der Waals surface area contributed by atoms with Gasteiger partial charge in [-0.25, -0.2) is 8.78 Å². The van der Waals surface area contributed by atoms with E-state index in [2.05, 4.69) is 5.16 Å². The molecule has 110 valence electrons. The molecule has 2 aromatic carbocycles. The predicted octanol–water partition coefficient (Wildman–Crippen LogP) is 2.70. The highest BCUT2D eigenvalue weighted by Crippen LogP contribution is 2.20. The summed E-state index contributed by atoms with van der Waals surface area (Å²) in [5.74, 6) is -1.03. The summed E-state index contributed by atoms with van der Waals surface area (Å²) in [5, 5.41) is 11.5. The van der Waals surface area contributed by atoms with Crippen LogP contribution in [-0.4, -0.2) is 18.1 Å². The Labute approximate surface area is 121 Å². The number of benzene rings is 2. The summed E-state index contributed by atoms with van der Waals surface area (Å²) in [4.78, 5) is 1.65. The van der Waals surface area contributed by atoms with Gasteiger partial charge in [-0.2, -0.15) is 0 Å². The predicted molar refractivity (Wildman–Crippen MR) is 77.4 cm³/mol. The molecule has 0 spiro atoms. The van der Waals surface area contributed by atoms with E-state index in [1.807, 2.05) is 0 Å². The Balaban J connectivity index is 2.27. The van der Waals surface area contributed by atoms with Crippen molar-refractivity contribution in [2.24, 2.45) is 10.9 Å². The van der Waals surface area contributed by atoms with E-state index in [0.29, 0.717) is 11.3 Å². The molecule has 0 aliphatic carbocycles. The molecular formula is C15H15F2N3O. The highest BCUT2D eigenvalue weighted by atomic mass is 19.1. The largest absolute Gasteiger partial charge is 0.409 e. The van der Waals surface area contributed by atoms with Crippen LogP contribution >= 0.6 is 0 Å². The van der Waals surface area contributed by atoms with Crippen LogP contribution in [0.2, 0.25) is 0 Å². The minimum atomic E-state index is -0.504. The van der Waals surface area contributed by atoms with Crippen molar-refractivity contribution in [3.63, 3.8) is 0 Å². The fourth-order valence-corrected chi connectivity index (χ4v) is 2.07. The quantitative estimate of drug-likeness (QED) is 0.394. The molecule has 3 N–H and O–H groups in total. The van der Waals surface area contributed by atoms with Crippen molar-refractivity contribution in [2.75, 3.05) is 11.9 Å². The van der Waals surface area contributed by atoms with E-state index in [1.165, 1.54) is 18.2 Å². The minimum absolute atomic E-state index is 0.177. The molecule has 6 heteroatoms. The highest BCUT2D eigenvalue weighted by Gasteiger charge is 2.10. The normalized spacial score (nSPS) is 11.5. The summed E-state index contributed by atoms with van der Waals surface area (Å²) < 4.78 is 27.3. The Kier molecular flexibility index (Phi) is 4.37. The zero-order valence-electron chi connectivity index (χ0n) is 11.4. The Morgan fingerprint density at radius 1 is 1.24 bits per heavy atom. The summed E-state index contributed by atoms with van der Waals surface area (Å²) in [7, 11) is 1.70. The molecule has 21 heavy (non-hydrogen) atoms. The number of nitrogens with zero attached hydrogens (tertiary/aromatic N) is 2. The van der Waals surface area contributed by atoms with Gasteiger partial charge < -0.3 is 15.8 Å². The van der Waals surface area contributed by atoms with Crippen molar-refractivity contribution >= 4 is 11.5 Å². The first-order valence-corrected chi connectivity index (χ1v) is 6.24. The number of amidine groups is 1. The number of para-hydroxylation sites is 1. The fourth-order valence-electron chi connectivity index (χ4n) is 2.07. The van der Waals surface area contributed by atoms with E-state index in [-0.39, 0.29) is 23.8 Å². The maximum absolute atomic E-state index is 13.7. The second-order valence-electron chi connectivity index (χ2n) is 4.64. The first kappa shape index (κ1) is 14.8. The molecular weight excluding hydrogens is 276 g/mol. The Bertz CT molecular complexity index is 674. The van der Waals surface area contributed by atoms with Gasteiger partial charge in [-0.3, -0.25) is 0 Å². The monoisotopic (exact) mass is 291 g/mol. The van der Waals surface area contributed by atoms with Gasteiger partial charge in [-0.05, 0) is 35.9 Å². The third-order valence-corrected chi connectivity index (χ3v) is 3.04. The maximum atomic E-state index is 13.7. The standard InChI is InChI=1S/C15H15F2N3O/c1-20(14-5-3-2-4-13(14)17)9-10-6-11(15(18)19-21)8-12(16)7-10/h2-8,21H,9H2,1H3,(H2,18,19). The lowest BCUT2D eigenvalue weighted by Crippen LogP contribution is -2.19. The molecule has 0 amide bonds. The average molecular weight is 291 g/mol. The number of anilines is 1. The van der Waals surface area contributed by atoms with Crippen molar-refractivity contribution in [2.45, 2.75) is 6.54 Å². The fraction of sp³-hybridized carbons (Fsp3) is 0.133. The number of halogens is 2. The summed E-state index contributed by atoms with van der Waals surface area (Å²) >= 11 is 0. The van der Waals surface area contributed by atoms with Crippen molar-refractivity contribution < 1.29 is 14.0 Å². The number of oxime groups is 1. The van der Waals surface area contributed by atoms with Crippen molar-refractivity contribution in [1.29, 1.82) is 0 Å². The molecule has 0 aromatic heterocycles. The number of nitrogens with two attached hydrogens (primary N) is 1. The highest BCUT2D eigenvalue weighted by molar-refractivity contribution is 5.97. The Hall–Kier alpha value is -2.63. The smallest absolute Gasteiger partial charge is 0.170 e. The summed E-state index contributed by atoms with van der Waals surface area (Å²) in [6.07, 6.45) is 0. The molecule has 0 saturated heterocycles. The molecule has 0 atom stereocenters. The molecule has 2 aromatic rings. The van der Waals surface area contributed by atoms with Crippen LogP contribution in [0.25, 0.3) is 0 Å². The summed E-state index contributed by atoms with van der Waals surface area (Å²) in [5.41, 5.74) is 6.73. The van der Waals surface area contributed by atoms with Gasteiger partial charge in [0.05, 0.1) is 5.69 Å². The van der Waals surface area contributed by atoms with Gasteiger partial charge in [0.15, 0.2) is 5.84 Å². The summed E-state index contributed by atoms with van der Waals surface area (Å²) in [6, 6.07) is 10.4. The van der Waals surface area contributed by atoms with Gasteiger partial charge in [0.1, 0.15) is 11.6 Å². The lowest BCUT2D eigenvalue weighted by atomic mass is 10.1. The van der Waals surface area contributed by atoms with Crippen LogP contribution in [0.5, 0.6) is 0 Å². The second kappa shape index (κ2) is 6.21. The molecule has 0 fully saturated rings. The van der Waals surface area contributed by atoms with Crippen LogP contribution in [-0.2, 0) is 6.54 Å². The molecule has 0 saturated carbocycles. The molecule has 2 rings (SSSR count). The van der Waals surface area contributed by atoms with Gasteiger partial charge in [0.25, 0.3) is 0 Å². The van der Waals surface area contributed by atoms with E-state index in [4.69, 9.17) is 10.9 Å². The van der Waals surface area contributed by atoms with Crippen LogP contribution in [0.4, 0.5) is 14.5 Å². The van der Waals surface area contributed by atoms with Crippen molar-refractivity contribution in [1.82, 2.24) is 0 Å². The number of rotatable bonds is 4. The van der Waals surface area contributed by atoms with E-state index in [0.717, 1.165) is 0 Å². The molecule has 4 nitrogen and oxygen atoms in total. The maximum Gasteiger partial charge on any atom is 0.170 e. The lowest BCUT2D eigenvalue weighted by molar-refractivity contribution is 0.318. The van der Waals surface area contributed by atoms with Crippen molar-refractivity contribution in [3.05, 3.63) is 65.2 Å². The minimum Gasteiger partial charge on any atom is -0.409 e. The van der Waals surface area contributed by atoms with E-state index in [1.54, 1.807) is 36.2 Å². The average Bonchev–Trinajstić information content (AvgIpc) is 2.46. The van der Waals surface area contributed by atoms with Crippen molar-refractivity contribution in [3.8, 4) is 0 Å². The van der Waals surface area contributed by atoms with Gasteiger partial charge in [-0.15, -0.1) is 0 Å². The Morgan fingerprint density at radius 3 is 2.62 bits per heavy atom. The third-order valence-electron chi connectivity index (χ3n) is 3.04. The molecule has 0 bridgehead atoms. The number of hydrogen-bond acceptors (Lipinski definition) is 3. The van der Waals surface area contributed by atoms with E-state index in [9.17, 15) is 8.78 Å². The first-order chi connectivity index (χ1) is 10.0. The van der Waals surface area contributed by atoms with Gasteiger partial charge >= 0.3 is 0 Å².